The van der Waals surface area contributed by atoms with Crippen molar-refractivity contribution in [3.63, 3.8) is 0 Å². The van der Waals surface area contributed by atoms with Gasteiger partial charge in [-0.2, -0.15) is 13.2 Å². The van der Waals surface area contributed by atoms with Gasteiger partial charge in [-0.1, -0.05) is 74.7 Å². The molecule has 0 spiro atoms. The van der Waals surface area contributed by atoms with Crippen molar-refractivity contribution in [3.8, 4) is 0 Å². The average molecular weight is 1270 g/mol. The van der Waals surface area contributed by atoms with E-state index in [1.54, 1.807) is 52.8 Å². The fourth-order valence-corrected chi connectivity index (χ4v) is 11.3. The number of aliphatic hydroxyl groups is 1. The summed E-state index contributed by atoms with van der Waals surface area (Å²) in [5, 5.41) is 22.3. The number of hydrogen-bond donors (Lipinski definition) is 6. The molecule has 4 heterocycles. The molecule has 6 rings (SSSR count). The van der Waals surface area contributed by atoms with Crippen LogP contribution in [-0.4, -0.2) is 162 Å². The number of aryl methyl sites for hydroxylation is 1. The standard InChI is InChI=1S/C62H80ClF3N8O15/c1-33(2)53(70-48(76)19-12-11-13-25-74-49(77)22-23-50(74)78)55(80)69-42(17-15-24-68-58(67)83)44(75)30-38-20-21-40(41(28-38)62(64,65)66)56(81)72(8)37(6)57(82)88-47-31-51(79)73(9)43-29-39(27-35(4)52(43)63)26-34(3)16-14-18-46(86-10)61(85)32-45(87-59(84)71-61)36(5)54-60(47,7)89-54/h14,16,18,20-23,27-29,33,36-37,42,45-47,53-54,85H,11-13,15,17,19,24-26,30-32H2,1-10H3,(H,69,80)(H,70,76)(H,71,84)(H3,67,68,83)/b18-14+,34-16+/t36-,37+,42+,45+,46-,47+,53+,54+,60+,61+/m1/s1. The number of likely N-dealkylation sites (N-methyl/N-ethyl adjacent to an activating group) is 1. The fraction of sp³-hybridized carbons (Fsp3) is 0.548. The van der Waals surface area contributed by atoms with Crippen LogP contribution < -0.4 is 31.9 Å². The fourth-order valence-electron chi connectivity index (χ4n) is 11.1. The van der Waals surface area contributed by atoms with Gasteiger partial charge in [-0.15, -0.1) is 0 Å². The van der Waals surface area contributed by atoms with Crippen LogP contribution in [0.1, 0.15) is 126 Å². The summed E-state index contributed by atoms with van der Waals surface area (Å²) < 4.78 is 69.1. The van der Waals surface area contributed by atoms with Gasteiger partial charge in [-0.3, -0.25) is 43.8 Å². The minimum atomic E-state index is -5.21. The molecular weight excluding hydrogens is 1190 g/mol. The third-order valence-electron chi connectivity index (χ3n) is 16.6. The van der Waals surface area contributed by atoms with Gasteiger partial charge in [-0.05, 0) is 101 Å². The van der Waals surface area contributed by atoms with Crippen LogP contribution in [0.4, 0.5) is 28.4 Å². The first-order valence-corrected chi connectivity index (χ1v) is 29.8. The number of ether oxygens (including phenoxy) is 4. The Balaban J connectivity index is 1.20. The largest absolute Gasteiger partial charge is 0.457 e. The van der Waals surface area contributed by atoms with E-state index in [1.807, 2.05) is 19.1 Å². The van der Waals surface area contributed by atoms with Gasteiger partial charge in [0, 0.05) is 71.6 Å². The first-order valence-electron chi connectivity index (χ1n) is 29.4. The molecule has 4 bridgehead atoms. The molecule has 27 heteroatoms. The van der Waals surface area contributed by atoms with E-state index in [4.69, 9.17) is 36.3 Å². The van der Waals surface area contributed by atoms with E-state index in [0.717, 1.165) is 40.1 Å². The lowest BCUT2D eigenvalue weighted by Crippen LogP contribution is -2.63. The summed E-state index contributed by atoms with van der Waals surface area (Å²) in [6.45, 7) is 11.5. The lowest BCUT2D eigenvalue weighted by molar-refractivity contribution is -0.158. The molecule has 7 N–H and O–H groups in total. The number of nitrogens with two attached hydrogens (primary N) is 1. The molecule has 2 aromatic carbocycles. The number of fused-ring (bicyclic) bond motifs is 5. The maximum atomic E-state index is 15.1. The number of ketones is 1. The minimum absolute atomic E-state index is 0.0131. The highest BCUT2D eigenvalue weighted by molar-refractivity contribution is 6.34. The number of methoxy groups -OCH3 is 1. The molecule has 4 aliphatic rings. The Hall–Kier alpha value is -7.68. The van der Waals surface area contributed by atoms with Crippen molar-refractivity contribution >= 4 is 76.6 Å². The number of alkyl carbamates (subject to hydrolysis) is 1. The molecule has 9 amide bonds. The predicted octanol–water partition coefficient (Wildman–Crippen LogP) is 5.82. The third-order valence-corrected chi connectivity index (χ3v) is 17.1. The number of halogens is 4. The monoisotopic (exact) mass is 1270 g/mol. The van der Waals surface area contributed by atoms with Gasteiger partial charge in [0.25, 0.3) is 17.7 Å². The van der Waals surface area contributed by atoms with Crippen LogP contribution in [0.15, 0.2) is 66.3 Å². The number of urea groups is 1. The maximum Gasteiger partial charge on any atom is 0.417 e. The topological polar surface area (TPSA) is 315 Å². The predicted molar refractivity (Wildman–Crippen MR) is 318 cm³/mol. The number of benzene rings is 2. The van der Waals surface area contributed by atoms with Crippen LogP contribution >= 0.6 is 11.6 Å². The summed E-state index contributed by atoms with van der Waals surface area (Å²) in [5.74, 6) is -7.14. The highest BCUT2D eigenvalue weighted by Gasteiger charge is 2.64. The molecule has 89 heavy (non-hydrogen) atoms. The van der Waals surface area contributed by atoms with E-state index in [1.165, 1.54) is 38.1 Å². The Bertz CT molecular complexity index is 3140. The van der Waals surface area contributed by atoms with Gasteiger partial charge in [0.15, 0.2) is 11.5 Å². The number of epoxide rings is 1. The van der Waals surface area contributed by atoms with E-state index in [2.05, 4.69) is 21.3 Å². The zero-order chi connectivity index (χ0) is 66.0. The zero-order valence-electron chi connectivity index (χ0n) is 51.5. The Morgan fingerprint density at radius 1 is 0.989 bits per heavy atom. The molecule has 23 nitrogen and oxygen atoms in total. The number of carbonyl (C=O) groups is 10. The van der Waals surface area contributed by atoms with E-state index in [-0.39, 0.29) is 49.4 Å². The second kappa shape index (κ2) is 29.8. The molecule has 0 aliphatic carbocycles. The lowest BCUT2D eigenvalue weighted by atomic mass is 9.83. The summed E-state index contributed by atoms with van der Waals surface area (Å²) in [6, 6.07) is 1.18. The molecule has 2 aromatic rings. The van der Waals surface area contributed by atoms with Crippen molar-refractivity contribution in [2.24, 2.45) is 17.6 Å². The molecular formula is C62H80ClF3N8O15. The van der Waals surface area contributed by atoms with Crippen molar-refractivity contribution in [1.29, 1.82) is 0 Å². The van der Waals surface area contributed by atoms with Crippen LogP contribution in [0.5, 0.6) is 0 Å². The lowest BCUT2D eigenvalue weighted by Gasteiger charge is -2.42. The summed E-state index contributed by atoms with van der Waals surface area (Å²) in [5.41, 5.74) is 1.80. The zero-order valence-corrected chi connectivity index (χ0v) is 52.3. The van der Waals surface area contributed by atoms with Crippen LogP contribution in [0.25, 0.3) is 0 Å². The summed E-state index contributed by atoms with van der Waals surface area (Å²) in [4.78, 5) is 135. The van der Waals surface area contributed by atoms with E-state index < -0.39 is 155 Å². The van der Waals surface area contributed by atoms with E-state index >= 15 is 13.2 Å². The molecule has 2 saturated heterocycles. The van der Waals surface area contributed by atoms with Gasteiger partial charge in [-0.25, -0.2) is 14.4 Å². The van der Waals surface area contributed by atoms with Crippen LogP contribution in [0.3, 0.4) is 0 Å². The highest BCUT2D eigenvalue weighted by atomic mass is 35.5. The van der Waals surface area contributed by atoms with Gasteiger partial charge in [0.05, 0.1) is 40.4 Å². The number of primary amides is 1. The number of Topliss-reactive ketones (excluding diaryl/α,β-unsaturated/α-hetero) is 1. The van der Waals surface area contributed by atoms with Crippen LogP contribution in [0.2, 0.25) is 5.02 Å². The number of imide groups is 1. The molecule has 486 valence electrons. The number of rotatable bonds is 22. The van der Waals surface area contributed by atoms with Crippen LogP contribution in [0, 0.1) is 18.8 Å². The van der Waals surface area contributed by atoms with Gasteiger partial charge in [0.2, 0.25) is 17.7 Å². The Morgan fingerprint density at radius 3 is 2.31 bits per heavy atom. The Labute approximate surface area is 519 Å². The number of amides is 9. The normalized spacial score (nSPS) is 24.9. The smallest absolute Gasteiger partial charge is 0.417 e. The van der Waals surface area contributed by atoms with Gasteiger partial charge >= 0.3 is 24.3 Å². The quantitative estimate of drug-likeness (QED) is 0.0350. The minimum Gasteiger partial charge on any atom is -0.457 e. The third kappa shape index (κ3) is 17.8. The highest BCUT2D eigenvalue weighted by Crippen LogP contribution is 2.49. The van der Waals surface area contributed by atoms with Gasteiger partial charge < -0.3 is 55.5 Å². The van der Waals surface area contributed by atoms with Crippen molar-refractivity contribution in [3.05, 3.63) is 99.1 Å². The van der Waals surface area contributed by atoms with Crippen molar-refractivity contribution < 1.29 is 85.2 Å². The first-order chi connectivity index (χ1) is 41.7. The number of nitrogens with one attached hydrogen (secondary N) is 4. The van der Waals surface area contributed by atoms with Crippen molar-refractivity contribution in [2.45, 2.75) is 173 Å². The Morgan fingerprint density at radius 2 is 1.67 bits per heavy atom. The number of carbonyl (C=O) groups excluding carboxylic acids is 10. The molecule has 2 fully saturated rings. The summed E-state index contributed by atoms with van der Waals surface area (Å²) >= 11 is 6.83. The number of unbranched alkanes of at least 4 members (excludes halogenated alkanes) is 2. The van der Waals surface area contributed by atoms with E-state index in [9.17, 15) is 53.1 Å². The van der Waals surface area contributed by atoms with Crippen LogP contribution in [-0.2, 0) is 71.5 Å². The molecule has 0 saturated carbocycles. The number of nitrogens with zero attached hydrogens (tertiary/aromatic N) is 3. The van der Waals surface area contributed by atoms with E-state index in [0.29, 0.717) is 43.0 Å². The molecule has 0 aromatic heterocycles. The number of hydrogen-bond acceptors (Lipinski definition) is 15. The first kappa shape index (κ1) is 70.4. The summed E-state index contributed by atoms with van der Waals surface area (Å²) in [7, 11) is 3.93. The second-order valence-corrected chi connectivity index (χ2v) is 24.1. The maximum absolute atomic E-state index is 15.1. The number of allylic oxidation sites excluding steroid dienone is 3. The Kier molecular flexibility index (Phi) is 23.5. The number of anilines is 1. The summed E-state index contributed by atoms with van der Waals surface area (Å²) in [6.07, 6.45) is -2.99. The van der Waals surface area contributed by atoms with Crippen molar-refractivity contribution in [1.82, 2.24) is 31.1 Å². The molecule has 4 aliphatic heterocycles. The second-order valence-electron chi connectivity index (χ2n) is 23.7. The van der Waals surface area contributed by atoms with Gasteiger partial charge in [0.1, 0.15) is 36.0 Å². The average Bonchev–Trinajstić information content (AvgIpc) is 1.60. The SMILES string of the molecule is CO[C@@H]1/C=C/C=C(\C)Cc2cc(C)c(Cl)c(c2)N(C)C(=O)C[C@H](OC(=O)[C@H](C)N(C)C(=O)c2ccc(CC(=O)[C@H](CCCNC(N)=O)NC(=O)[C@@H](NC(=O)CCCCCN3C(=O)C=CC3=O)C(C)C)cc2C(F)(F)F)[C@]2(C)O[C@H]2[C@H](C)[C@@H]2C[C@@]1(O)NC(=O)O2. The molecule has 0 unspecified atom stereocenters. The molecule has 0 radical (unpaired) electrons. The molecule has 10 atom stereocenters. The van der Waals surface area contributed by atoms with Crippen molar-refractivity contribution in [2.75, 3.05) is 39.2 Å². The number of alkyl halides is 3. The number of esters is 1.